The Kier molecular flexibility index (Phi) is 26.6. The lowest BCUT2D eigenvalue weighted by Gasteiger charge is -2.52. The summed E-state index contributed by atoms with van der Waals surface area (Å²) >= 11 is 0. The van der Waals surface area contributed by atoms with Crippen LogP contribution in [0.4, 0.5) is 0 Å². The molecule has 0 aromatic rings. The molecular weight excluding hydrogens is 1260 g/mol. The van der Waals surface area contributed by atoms with Crippen LogP contribution in [0.25, 0.3) is 0 Å². The van der Waals surface area contributed by atoms with Gasteiger partial charge in [0.05, 0.1) is 57.4 Å². The maximum absolute atomic E-state index is 13.1. The summed E-state index contributed by atoms with van der Waals surface area (Å²) in [5, 5.41) is 237. The van der Waals surface area contributed by atoms with Gasteiger partial charge in [-0.1, -0.05) is 0 Å². The molecule has 7 aliphatic heterocycles. The van der Waals surface area contributed by atoms with Crippen molar-refractivity contribution in [2.75, 3.05) is 39.6 Å². The van der Waals surface area contributed by atoms with Gasteiger partial charge in [0.25, 0.3) is 5.79 Å². The van der Waals surface area contributed by atoms with E-state index in [0.717, 1.165) is 13.8 Å². The van der Waals surface area contributed by atoms with Gasteiger partial charge in [0, 0.05) is 20.3 Å². The molecule has 41 nitrogen and oxygen atoms in total. The predicted molar refractivity (Wildman–Crippen MR) is 282 cm³/mol. The number of aliphatic carboxylic acids is 1. The molecule has 0 saturated carbocycles. The standard InChI is InChI=1S/C51H85N3O38/c1-12-26(65)34(73)36(75)46(81-12)90-42-40(88-45-24(52-14(3)60)33(72)29(68)18(7-56)84-45)30(69)19(8-57)86-49(42)89-41-31(70)20(9-58)85-48(43(41)91-47-37(76)35(74)27(66)13(2)82-47)87-38-25(53-15(4)61)44(77)83-21(32(38)71)11-80-51(50(78)79)5-16(62)23(54-22(64)10-59)39(92-51)28(67)17(63)6-55/h12-13,16-21,23-49,55-59,62-63,65-77H,5-11H2,1-4H3,(H,52,60)(H,53,61)(H,54,64)(H,78,79)/t12-,13-,16-,17+,18+,19+,20+,21+,23+,24+,25+,26+,27+,28+,29-,30-,31-,32-,33+,34+,35+,36-,37-,38+,39+,40-,41-,42+,43+,44-,45+,46-,47-,48-,49-,51+/m0/s1. The Morgan fingerprint density at radius 3 is 1.37 bits per heavy atom. The van der Waals surface area contributed by atoms with Crippen LogP contribution in [0.15, 0.2) is 0 Å². The number of rotatable bonds is 24. The summed E-state index contributed by atoms with van der Waals surface area (Å²) in [5.41, 5.74) is 0. The molecule has 0 unspecified atom stereocenters. The van der Waals surface area contributed by atoms with Crippen LogP contribution < -0.4 is 16.0 Å². The lowest BCUT2D eigenvalue weighted by molar-refractivity contribution is -0.416. The second kappa shape index (κ2) is 32.3. The van der Waals surface area contributed by atoms with E-state index in [1.807, 2.05) is 0 Å². The summed E-state index contributed by atoms with van der Waals surface area (Å²) in [6.07, 6.45) is -68.2. The summed E-state index contributed by atoms with van der Waals surface area (Å²) in [7, 11) is 0. The molecule has 0 aliphatic carbocycles. The Labute approximate surface area is 520 Å². The Hall–Kier alpha value is -3.44. The number of hydrogen-bond donors (Lipinski definition) is 24. The largest absolute Gasteiger partial charge is 0.477 e. The molecule has 7 saturated heterocycles. The van der Waals surface area contributed by atoms with Crippen LogP contribution in [0.3, 0.4) is 0 Å². The summed E-state index contributed by atoms with van der Waals surface area (Å²) < 4.78 is 77.4. The van der Waals surface area contributed by atoms with Gasteiger partial charge >= 0.3 is 5.97 Å². The third-order valence-electron chi connectivity index (χ3n) is 16.8. The van der Waals surface area contributed by atoms with E-state index in [0.29, 0.717) is 0 Å². The van der Waals surface area contributed by atoms with Crippen LogP contribution in [-0.2, 0) is 80.8 Å². The Morgan fingerprint density at radius 1 is 0.478 bits per heavy atom. The fourth-order valence-corrected chi connectivity index (χ4v) is 11.6. The number of nitrogens with one attached hydrogen (secondary N) is 3. The molecule has 532 valence electrons. The number of carbonyl (C=O) groups is 4. The van der Waals surface area contributed by atoms with Crippen LogP contribution >= 0.6 is 0 Å². The Morgan fingerprint density at radius 2 is 0.913 bits per heavy atom. The van der Waals surface area contributed by atoms with Crippen LogP contribution in [0, 0.1) is 0 Å². The summed E-state index contributed by atoms with van der Waals surface area (Å²) in [6, 6.07) is -5.58. The first-order valence-corrected chi connectivity index (χ1v) is 29.1. The lowest BCUT2D eigenvalue weighted by Crippen LogP contribution is -2.71. The molecule has 92 heavy (non-hydrogen) atoms. The number of carbonyl (C=O) groups excluding carboxylic acids is 3. The monoisotopic (exact) mass is 1350 g/mol. The number of amides is 3. The smallest absolute Gasteiger partial charge is 0.364 e. The minimum atomic E-state index is -3.16. The zero-order valence-corrected chi connectivity index (χ0v) is 49.5. The van der Waals surface area contributed by atoms with Crippen LogP contribution in [0.2, 0.25) is 0 Å². The van der Waals surface area contributed by atoms with Crippen molar-refractivity contribution in [1.82, 2.24) is 16.0 Å². The molecule has 36 atom stereocenters. The van der Waals surface area contributed by atoms with Gasteiger partial charge in [-0.3, -0.25) is 14.4 Å². The third kappa shape index (κ3) is 16.4. The molecule has 0 radical (unpaired) electrons. The second-order valence-corrected chi connectivity index (χ2v) is 23.2. The number of ether oxygens (including phenoxy) is 13. The van der Waals surface area contributed by atoms with Crippen molar-refractivity contribution in [2.24, 2.45) is 0 Å². The number of hydrogen-bond acceptors (Lipinski definition) is 37. The molecule has 0 aromatic heterocycles. The van der Waals surface area contributed by atoms with E-state index in [9.17, 15) is 126 Å². The molecule has 3 amide bonds. The van der Waals surface area contributed by atoms with Gasteiger partial charge in [0.2, 0.25) is 17.7 Å². The minimum Gasteiger partial charge on any atom is -0.477 e. The van der Waals surface area contributed by atoms with Crippen molar-refractivity contribution >= 4 is 23.7 Å². The van der Waals surface area contributed by atoms with Gasteiger partial charge in [0.15, 0.2) is 37.7 Å². The second-order valence-electron chi connectivity index (χ2n) is 23.2. The quantitative estimate of drug-likeness (QED) is 0.0427. The van der Waals surface area contributed by atoms with Gasteiger partial charge in [-0.25, -0.2) is 4.79 Å². The molecule has 7 heterocycles. The summed E-state index contributed by atoms with van der Waals surface area (Å²) in [4.78, 5) is 50.7. The highest BCUT2D eigenvalue weighted by Crippen LogP contribution is 2.40. The highest BCUT2D eigenvalue weighted by Gasteiger charge is 2.61. The zero-order chi connectivity index (χ0) is 68.3. The molecule has 7 fully saturated rings. The highest BCUT2D eigenvalue weighted by atomic mass is 16.8. The molecule has 24 N–H and O–H groups in total. The molecule has 0 bridgehead atoms. The average molecular weight is 1350 g/mol. The maximum atomic E-state index is 13.1. The van der Waals surface area contributed by atoms with E-state index in [-0.39, 0.29) is 0 Å². The van der Waals surface area contributed by atoms with Gasteiger partial charge in [-0.15, -0.1) is 0 Å². The van der Waals surface area contributed by atoms with Crippen molar-refractivity contribution in [2.45, 2.75) is 254 Å². The maximum Gasteiger partial charge on any atom is 0.364 e. The number of aliphatic hydroxyl groups is 20. The average Bonchev–Trinajstić information content (AvgIpc) is 0.770. The zero-order valence-electron chi connectivity index (χ0n) is 49.5. The molecule has 0 spiro atoms. The van der Waals surface area contributed by atoms with Crippen molar-refractivity contribution in [1.29, 1.82) is 0 Å². The van der Waals surface area contributed by atoms with Crippen LogP contribution in [0.1, 0.15) is 34.1 Å². The van der Waals surface area contributed by atoms with Crippen molar-refractivity contribution < 1.29 is 188 Å². The van der Waals surface area contributed by atoms with Crippen molar-refractivity contribution in [3.8, 4) is 0 Å². The minimum absolute atomic E-state index is 0.860. The number of carboxylic acid groups (broad SMARTS) is 1. The fraction of sp³-hybridized carbons (Fsp3) is 0.922. The third-order valence-corrected chi connectivity index (χ3v) is 16.8. The van der Waals surface area contributed by atoms with E-state index in [1.54, 1.807) is 0 Å². The molecule has 7 rings (SSSR count). The molecule has 7 aliphatic rings. The molecule has 41 heteroatoms. The first-order chi connectivity index (χ1) is 43.3. The van der Waals surface area contributed by atoms with Crippen LogP contribution in [-0.4, -0.2) is 391 Å². The summed E-state index contributed by atoms with van der Waals surface area (Å²) in [5.74, 6) is -8.24. The first kappa shape index (κ1) is 75.9. The van der Waals surface area contributed by atoms with Crippen LogP contribution in [0.5, 0.6) is 0 Å². The summed E-state index contributed by atoms with van der Waals surface area (Å²) in [6.45, 7) is -2.72. The van der Waals surface area contributed by atoms with E-state index in [4.69, 9.17) is 61.6 Å². The highest BCUT2D eigenvalue weighted by molar-refractivity contribution is 5.78. The first-order valence-electron chi connectivity index (χ1n) is 29.1. The molecule has 0 aromatic carbocycles. The lowest BCUT2D eigenvalue weighted by atomic mass is 9.88. The SMILES string of the molecule is CC(=O)N[C@@H]1[C@@H](O[C@@H]2O[C@H](CO)[C@H](O)[C@H](O[C@@H]3O[C@H](CO)[C@H](O)[C@H](O[C@H]4O[C@H](CO)[C@H](O)[C@H](O)[C@H]4NC(C)=O)[C@H]3O[C@@H]3O[C@@H](C)[C@@H](O)[C@@H](O)[C@@H]3O)[C@H]2O[C@@H]2O[C@@H](C)[C@@H](O)[C@@H](O)[C@@H]2O)[C@@H](O)[C@@H](CO[C@]2(C(=O)O)C[C@H](O)[C@@H](NC(=O)CO)[C@H]([C@H](O)[C@H](O)CO)O2)O[C@@H]1O. The van der Waals surface area contributed by atoms with E-state index < -0.39 is 290 Å². The van der Waals surface area contributed by atoms with E-state index in [2.05, 4.69) is 16.0 Å². The Balaban J connectivity index is 1.30. The van der Waals surface area contributed by atoms with Gasteiger partial charge < -0.3 is 185 Å². The normalized spacial score (nSPS) is 47.6. The molecular formula is C51H85N3O38. The van der Waals surface area contributed by atoms with E-state index >= 15 is 0 Å². The van der Waals surface area contributed by atoms with Crippen molar-refractivity contribution in [3.63, 3.8) is 0 Å². The predicted octanol–water partition coefficient (Wildman–Crippen LogP) is -15.6. The van der Waals surface area contributed by atoms with E-state index in [1.165, 1.54) is 13.8 Å². The number of carboxylic acids is 1. The fourth-order valence-electron chi connectivity index (χ4n) is 11.6. The topological polar surface area (TPSA) is 649 Å². The van der Waals surface area contributed by atoms with Gasteiger partial charge in [-0.2, -0.15) is 0 Å². The number of aliphatic hydroxyl groups excluding tert-OH is 20. The Bertz CT molecular complexity index is 2400. The van der Waals surface area contributed by atoms with Crippen molar-refractivity contribution in [3.05, 3.63) is 0 Å². The van der Waals surface area contributed by atoms with Gasteiger partial charge in [0.1, 0.15) is 159 Å². The van der Waals surface area contributed by atoms with Gasteiger partial charge in [-0.05, 0) is 13.8 Å².